The molecule has 4 nitrogen and oxygen atoms in total. The van der Waals surface area contributed by atoms with Crippen LogP contribution in [0.4, 0.5) is 0 Å². The maximum absolute atomic E-state index is 10.5. The maximum atomic E-state index is 10.5. The van der Waals surface area contributed by atoms with Crippen LogP contribution in [0.15, 0.2) is 0 Å². The third-order valence-corrected chi connectivity index (χ3v) is 1.70. The molecule has 0 aromatic carbocycles. The van der Waals surface area contributed by atoms with Crippen molar-refractivity contribution in [3.05, 3.63) is 0 Å². The summed E-state index contributed by atoms with van der Waals surface area (Å²) in [5.41, 5.74) is 0. The Kier molecular flexibility index (Phi) is 3.67. The van der Waals surface area contributed by atoms with Gasteiger partial charge in [-0.2, -0.15) is 0 Å². The standard InChI is InChI=1S/C8H17NO3/c1-6(8(11)12)7(10)5-9(2,3)4/h6-7,10H,5H2,1-4H3/p+1. The van der Waals surface area contributed by atoms with Crippen LogP contribution < -0.4 is 0 Å². The minimum Gasteiger partial charge on any atom is -0.481 e. The molecule has 0 bridgehead atoms. The van der Waals surface area contributed by atoms with Crippen molar-refractivity contribution in [3.63, 3.8) is 0 Å². The van der Waals surface area contributed by atoms with Gasteiger partial charge in [0, 0.05) is 0 Å². The van der Waals surface area contributed by atoms with Crippen LogP contribution in [0.1, 0.15) is 6.92 Å². The number of rotatable bonds is 4. The average molecular weight is 176 g/mol. The molecule has 0 aliphatic carbocycles. The van der Waals surface area contributed by atoms with Crippen molar-refractivity contribution in [2.75, 3.05) is 27.7 Å². The molecule has 0 rings (SSSR count). The average Bonchev–Trinajstić information content (AvgIpc) is 1.82. The Morgan fingerprint density at radius 1 is 1.42 bits per heavy atom. The Hall–Kier alpha value is -0.610. The molecule has 2 atom stereocenters. The summed E-state index contributed by atoms with van der Waals surface area (Å²) in [4.78, 5) is 10.5. The van der Waals surface area contributed by atoms with E-state index in [0.717, 1.165) is 0 Å². The number of likely N-dealkylation sites (N-methyl/N-ethyl adjacent to an activating group) is 1. The number of quaternary nitrogens is 1. The van der Waals surface area contributed by atoms with Gasteiger partial charge in [0.2, 0.25) is 0 Å². The first-order chi connectivity index (χ1) is 5.24. The fourth-order valence-corrected chi connectivity index (χ4v) is 0.884. The summed E-state index contributed by atoms with van der Waals surface area (Å²) in [6.45, 7) is 1.97. The molecule has 0 saturated heterocycles. The van der Waals surface area contributed by atoms with E-state index >= 15 is 0 Å². The van der Waals surface area contributed by atoms with Gasteiger partial charge in [0.25, 0.3) is 0 Å². The van der Waals surface area contributed by atoms with E-state index in [4.69, 9.17) is 5.11 Å². The zero-order valence-corrected chi connectivity index (χ0v) is 8.11. The molecule has 2 unspecified atom stereocenters. The second-order valence-corrected chi connectivity index (χ2v) is 4.17. The van der Waals surface area contributed by atoms with Gasteiger partial charge >= 0.3 is 5.97 Å². The molecule has 0 spiro atoms. The molecule has 0 heterocycles. The Balaban J connectivity index is 4.04. The van der Waals surface area contributed by atoms with Gasteiger partial charge < -0.3 is 14.7 Å². The van der Waals surface area contributed by atoms with Gasteiger partial charge in [0.05, 0.1) is 27.1 Å². The smallest absolute Gasteiger partial charge is 0.309 e. The highest BCUT2D eigenvalue weighted by molar-refractivity contribution is 5.70. The third-order valence-electron chi connectivity index (χ3n) is 1.70. The molecular weight excluding hydrogens is 158 g/mol. The topological polar surface area (TPSA) is 57.5 Å². The largest absolute Gasteiger partial charge is 0.481 e. The second kappa shape index (κ2) is 3.87. The molecule has 0 fully saturated rings. The quantitative estimate of drug-likeness (QED) is 0.582. The first-order valence-corrected chi connectivity index (χ1v) is 3.95. The Morgan fingerprint density at radius 2 is 1.83 bits per heavy atom. The zero-order valence-electron chi connectivity index (χ0n) is 8.11. The molecule has 4 heteroatoms. The van der Waals surface area contributed by atoms with Crippen molar-refractivity contribution >= 4 is 5.97 Å². The van der Waals surface area contributed by atoms with Gasteiger partial charge in [-0.15, -0.1) is 0 Å². The Morgan fingerprint density at radius 3 is 2.08 bits per heavy atom. The summed E-state index contributed by atoms with van der Waals surface area (Å²) in [7, 11) is 5.74. The van der Waals surface area contributed by atoms with Crippen LogP contribution in [0, 0.1) is 5.92 Å². The summed E-state index contributed by atoms with van der Waals surface area (Å²) in [6.07, 6.45) is -0.775. The van der Waals surface area contributed by atoms with Gasteiger partial charge in [-0.25, -0.2) is 0 Å². The molecule has 0 aliphatic heterocycles. The lowest BCUT2D eigenvalue weighted by molar-refractivity contribution is -0.873. The van der Waals surface area contributed by atoms with Gasteiger partial charge in [-0.1, -0.05) is 0 Å². The minimum atomic E-state index is -0.948. The van der Waals surface area contributed by atoms with E-state index in [2.05, 4.69) is 0 Å². The molecule has 0 saturated carbocycles. The van der Waals surface area contributed by atoms with E-state index in [1.54, 1.807) is 0 Å². The molecule has 2 N–H and O–H groups in total. The molecule has 72 valence electrons. The molecular formula is C8H18NO3+. The Labute approximate surface area is 73.0 Å². The first-order valence-electron chi connectivity index (χ1n) is 3.95. The summed E-state index contributed by atoms with van der Waals surface area (Å²) in [5.74, 6) is -1.64. The fraction of sp³-hybridized carbons (Fsp3) is 0.875. The van der Waals surface area contributed by atoms with Crippen LogP contribution >= 0.6 is 0 Å². The van der Waals surface area contributed by atoms with Crippen LogP contribution in [-0.2, 0) is 4.79 Å². The lowest BCUT2D eigenvalue weighted by Crippen LogP contribution is -2.45. The van der Waals surface area contributed by atoms with Crippen molar-refractivity contribution in [2.45, 2.75) is 13.0 Å². The summed E-state index contributed by atoms with van der Waals surface area (Å²) >= 11 is 0. The van der Waals surface area contributed by atoms with E-state index in [0.29, 0.717) is 11.0 Å². The van der Waals surface area contributed by atoms with Gasteiger partial charge in [-0.05, 0) is 6.92 Å². The van der Waals surface area contributed by atoms with Gasteiger partial charge in [0.1, 0.15) is 12.6 Å². The first kappa shape index (κ1) is 11.4. The van der Waals surface area contributed by atoms with Crippen LogP contribution in [-0.4, -0.2) is 54.5 Å². The summed E-state index contributed by atoms with van der Waals surface area (Å²) in [5, 5.41) is 18.0. The van der Waals surface area contributed by atoms with Crippen molar-refractivity contribution in [1.29, 1.82) is 0 Å². The van der Waals surface area contributed by atoms with Crippen LogP contribution in [0.2, 0.25) is 0 Å². The second-order valence-electron chi connectivity index (χ2n) is 4.17. The number of aliphatic hydroxyl groups is 1. The lowest BCUT2D eigenvalue weighted by atomic mass is 10.0. The molecule has 0 aromatic heterocycles. The highest BCUT2D eigenvalue weighted by Crippen LogP contribution is 2.06. The predicted molar refractivity (Wildman–Crippen MR) is 45.7 cm³/mol. The molecule has 0 amide bonds. The third kappa shape index (κ3) is 4.31. The molecule has 0 radical (unpaired) electrons. The number of carboxylic acids is 1. The summed E-state index contributed by atoms with van der Waals surface area (Å²) in [6, 6.07) is 0. The van der Waals surface area contributed by atoms with Crippen molar-refractivity contribution in [2.24, 2.45) is 5.92 Å². The predicted octanol–water partition coefficient (Wildman–Crippen LogP) is -0.226. The Bertz CT molecular complexity index is 162. The molecule has 12 heavy (non-hydrogen) atoms. The SMILES string of the molecule is CC(C(=O)O)C(O)C[N+](C)(C)C. The van der Waals surface area contributed by atoms with E-state index in [1.807, 2.05) is 21.1 Å². The van der Waals surface area contributed by atoms with Crippen LogP contribution in [0.3, 0.4) is 0 Å². The highest BCUT2D eigenvalue weighted by Gasteiger charge is 2.26. The number of aliphatic hydroxyl groups excluding tert-OH is 1. The van der Waals surface area contributed by atoms with Crippen LogP contribution in [0.5, 0.6) is 0 Å². The fourth-order valence-electron chi connectivity index (χ4n) is 0.884. The number of carboxylic acid groups (broad SMARTS) is 1. The van der Waals surface area contributed by atoms with E-state index in [9.17, 15) is 9.90 Å². The van der Waals surface area contributed by atoms with E-state index < -0.39 is 18.0 Å². The van der Waals surface area contributed by atoms with Crippen molar-refractivity contribution in [3.8, 4) is 0 Å². The van der Waals surface area contributed by atoms with E-state index in [1.165, 1.54) is 6.92 Å². The molecule has 0 aliphatic rings. The minimum absolute atomic E-state index is 0.452. The van der Waals surface area contributed by atoms with Crippen molar-refractivity contribution < 1.29 is 19.5 Å². The highest BCUT2D eigenvalue weighted by atomic mass is 16.4. The zero-order chi connectivity index (χ0) is 9.94. The number of carbonyl (C=O) groups is 1. The number of nitrogens with zero attached hydrogens (tertiary/aromatic N) is 1. The summed E-state index contributed by atoms with van der Waals surface area (Å²) < 4.78 is 0.568. The number of hydrogen-bond acceptors (Lipinski definition) is 2. The van der Waals surface area contributed by atoms with Gasteiger partial charge in [-0.3, -0.25) is 4.79 Å². The van der Waals surface area contributed by atoms with Crippen molar-refractivity contribution in [1.82, 2.24) is 0 Å². The normalized spacial score (nSPS) is 17.1. The number of aliphatic carboxylic acids is 1. The lowest BCUT2D eigenvalue weighted by Gasteiger charge is -2.28. The molecule has 0 aromatic rings. The van der Waals surface area contributed by atoms with Crippen LogP contribution in [0.25, 0.3) is 0 Å². The number of hydrogen-bond donors (Lipinski definition) is 2. The maximum Gasteiger partial charge on any atom is 0.309 e. The van der Waals surface area contributed by atoms with Gasteiger partial charge in [0.15, 0.2) is 0 Å². The monoisotopic (exact) mass is 176 g/mol. The van der Waals surface area contributed by atoms with E-state index in [-0.39, 0.29) is 0 Å².